The van der Waals surface area contributed by atoms with E-state index in [1.165, 1.54) is 32.1 Å². The van der Waals surface area contributed by atoms with E-state index in [0.29, 0.717) is 32.3 Å². The van der Waals surface area contributed by atoms with Gasteiger partial charge in [0.2, 0.25) is 0 Å². The average Bonchev–Trinajstić information content (AvgIpc) is 2.47. The fourth-order valence-electron chi connectivity index (χ4n) is 3.05. The smallest absolute Gasteiger partial charge is 0.317 e. The Labute approximate surface area is 128 Å². The highest BCUT2D eigenvalue weighted by atomic mass is 16.5. The zero-order valence-electron chi connectivity index (χ0n) is 13.5. The van der Waals surface area contributed by atoms with Gasteiger partial charge in [-0.15, -0.1) is 0 Å². The lowest BCUT2D eigenvalue weighted by atomic mass is 9.98. The quantitative estimate of drug-likeness (QED) is 0.794. The molecule has 0 unspecified atom stereocenters. The van der Waals surface area contributed by atoms with Crippen molar-refractivity contribution in [2.75, 3.05) is 32.8 Å². The highest BCUT2D eigenvalue weighted by Gasteiger charge is 2.29. The van der Waals surface area contributed by atoms with Gasteiger partial charge in [-0.3, -0.25) is 0 Å². The lowest BCUT2D eigenvalue weighted by molar-refractivity contribution is -0.0733. The predicted molar refractivity (Wildman–Crippen MR) is 82.4 cm³/mol. The first-order valence-electron chi connectivity index (χ1n) is 8.35. The number of amides is 2. The Kier molecular flexibility index (Phi) is 6.30. The van der Waals surface area contributed by atoms with E-state index in [0.717, 1.165) is 13.0 Å². The minimum Gasteiger partial charge on any atom is -0.378 e. The zero-order chi connectivity index (χ0) is 15.1. The Morgan fingerprint density at radius 3 is 2.81 bits per heavy atom. The highest BCUT2D eigenvalue weighted by molar-refractivity contribution is 5.74. The molecule has 0 atom stereocenters. The summed E-state index contributed by atoms with van der Waals surface area (Å²) in [5.41, 5.74) is -0.236. The Bertz CT molecular complexity index is 327. The molecule has 1 saturated carbocycles. The molecule has 2 aliphatic rings. The first-order chi connectivity index (χ1) is 10.1. The van der Waals surface area contributed by atoms with Crippen molar-refractivity contribution in [3.05, 3.63) is 0 Å². The van der Waals surface area contributed by atoms with E-state index < -0.39 is 0 Å². The molecule has 2 rings (SSSR count). The van der Waals surface area contributed by atoms with Gasteiger partial charge in [-0.05, 0) is 33.1 Å². The van der Waals surface area contributed by atoms with Crippen molar-refractivity contribution in [3.63, 3.8) is 0 Å². The molecular weight excluding hydrogens is 268 g/mol. The van der Waals surface area contributed by atoms with Gasteiger partial charge >= 0.3 is 6.03 Å². The molecule has 0 aromatic heterocycles. The molecule has 122 valence electrons. The SMILES string of the molecule is CC1(C)CN(C(=O)NCCCOC2CCCCC2)CCO1. The number of rotatable bonds is 5. The molecule has 2 amide bonds. The summed E-state index contributed by atoms with van der Waals surface area (Å²) in [6.07, 6.45) is 7.70. The van der Waals surface area contributed by atoms with E-state index in [2.05, 4.69) is 5.32 Å². The molecule has 0 aromatic rings. The van der Waals surface area contributed by atoms with Crippen molar-refractivity contribution in [2.24, 2.45) is 0 Å². The summed E-state index contributed by atoms with van der Waals surface area (Å²) in [6.45, 7) is 7.41. The number of carbonyl (C=O) groups is 1. The summed E-state index contributed by atoms with van der Waals surface area (Å²) < 4.78 is 11.5. The van der Waals surface area contributed by atoms with Gasteiger partial charge < -0.3 is 19.7 Å². The van der Waals surface area contributed by atoms with Crippen LogP contribution in [0.3, 0.4) is 0 Å². The number of nitrogens with one attached hydrogen (secondary N) is 1. The molecule has 5 nitrogen and oxygen atoms in total. The second-order valence-corrected chi connectivity index (χ2v) is 6.75. The normalized spacial score (nSPS) is 23.0. The maximum absolute atomic E-state index is 12.1. The molecule has 0 aromatic carbocycles. The van der Waals surface area contributed by atoms with Crippen molar-refractivity contribution in [1.29, 1.82) is 0 Å². The van der Waals surface area contributed by atoms with Crippen molar-refractivity contribution >= 4 is 6.03 Å². The van der Waals surface area contributed by atoms with Gasteiger partial charge in [-0.1, -0.05) is 19.3 Å². The van der Waals surface area contributed by atoms with Gasteiger partial charge in [0.15, 0.2) is 0 Å². The monoisotopic (exact) mass is 298 g/mol. The van der Waals surface area contributed by atoms with Gasteiger partial charge in [0.05, 0.1) is 24.9 Å². The minimum atomic E-state index is -0.236. The topological polar surface area (TPSA) is 50.8 Å². The molecule has 1 N–H and O–H groups in total. The third kappa shape index (κ3) is 5.83. The van der Waals surface area contributed by atoms with Crippen molar-refractivity contribution < 1.29 is 14.3 Å². The molecule has 1 saturated heterocycles. The molecule has 1 heterocycles. The minimum absolute atomic E-state index is 0.0176. The maximum Gasteiger partial charge on any atom is 0.317 e. The Balaban J connectivity index is 1.54. The molecule has 0 radical (unpaired) electrons. The fraction of sp³-hybridized carbons (Fsp3) is 0.938. The summed E-state index contributed by atoms with van der Waals surface area (Å²) in [5.74, 6) is 0. The fourth-order valence-corrected chi connectivity index (χ4v) is 3.05. The predicted octanol–water partition coefficient (Wildman–Crippen LogP) is 2.55. The number of urea groups is 1. The molecule has 0 bridgehead atoms. The molecule has 5 heteroatoms. The number of nitrogens with zero attached hydrogens (tertiary/aromatic N) is 1. The largest absolute Gasteiger partial charge is 0.378 e. The molecular formula is C16H30N2O3. The van der Waals surface area contributed by atoms with Crippen LogP contribution < -0.4 is 5.32 Å². The van der Waals surface area contributed by atoms with E-state index >= 15 is 0 Å². The first kappa shape index (κ1) is 16.6. The van der Waals surface area contributed by atoms with Crippen LogP contribution in [0.2, 0.25) is 0 Å². The number of carbonyl (C=O) groups excluding carboxylic acids is 1. The van der Waals surface area contributed by atoms with Crippen LogP contribution in [0.1, 0.15) is 52.4 Å². The van der Waals surface area contributed by atoms with Gasteiger partial charge in [-0.2, -0.15) is 0 Å². The van der Waals surface area contributed by atoms with Crippen molar-refractivity contribution in [2.45, 2.75) is 64.1 Å². The average molecular weight is 298 g/mol. The zero-order valence-corrected chi connectivity index (χ0v) is 13.5. The second-order valence-electron chi connectivity index (χ2n) is 6.75. The van der Waals surface area contributed by atoms with Gasteiger partial charge in [-0.25, -0.2) is 4.79 Å². The molecule has 2 fully saturated rings. The summed E-state index contributed by atoms with van der Waals surface area (Å²) in [7, 11) is 0. The van der Waals surface area contributed by atoms with Gasteiger partial charge in [0, 0.05) is 19.7 Å². The maximum atomic E-state index is 12.1. The van der Waals surface area contributed by atoms with Crippen LogP contribution >= 0.6 is 0 Å². The van der Waals surface area contributed by atoms with Crippen LogP contribution in [0.25, 0.3) is 0 Å². The lowest BCUT2D eigenvalue weighted by Gasteiger charge is -2.38. The molecule has 1 aliphatic carbocycles. The third-order valence-corrected chi connectivity index (χ3v) is 4.22. The van der Waals surface area contributed by atoms with E-state index in [4.69, 9.17) is 9.47 Å². The van der Waals surface area contributed by atoms with Crippen LogP contribution in [0.5, 0.6) is 0 Å². The molecule has 21 heavy (non-hydrogen) atoms. The van der Waals surface area contributed by atoms with Crippen LogP contribution in [0.15, 0.2) is 0 Å². The summed E-state index contributed by atoms with van der Waals surface area (Å²) in [5, 5.41) is 2.98. The van der Waals surface area contributed by atoms with E-state index in [9.17, 15) is 4.79 Å². The van der Waals surface area contributed by atoms with Crippen molar-refractivity contribution in [1.82, 2.24) is 10.2 Å². The number of hydrogen-bond acceptors (Lipinski definition) is 3. The Hall–Kier alpha value is -0.810. The van der Waals surface area contributed by atoms with Crippen LogP contribution in [0.4, 0.5) is 4.79 Å². The number of hydrogen-bond donors (Lipinski definition) is 1. The van der Waals surface area contributed by atoms with E-state index in [-0.39, 0.29) is 11.6 Å². The molecule has 1 aliphatic heterocycles. The first-order valence-corrected chi connectivity index (χ1v) is 8.35. The highest BCUT2D eigenvalue weighted by Crippen LogP contribution is 2.20. The summed E-state index contributed by atoms with van der Waals surface area (Å²) >= 11 is 0. The number of ether oxygens (including phenoxy) is 2. The van der Waals surface area contributed by atoms with Crippen LogP contribution in [0, 0.1) is 0 Å². The number of morpholine rings is 1. The third-order valence-electron chi connectivity index (χ3n) is 4.22. The van der Waals surface area contributed by atoms with Gasteiger partial charge in [0.1, 0.15) is 0 Å². The Morgan fingerprint density at radius 1 is 1.33 bits per heavy atom. The van der Waals surface area contributed by atoms with E-state index in [1.807, 2.05) is 18.7 Å². The summed E-state index contributed by atoms with van der Waals surface area (Å²) in [4.78, 5) is 13.9. The van der Waals surface area contributed by atoms with Gasteiger partial charge in [0.25, 0.3) is 0 Å². The van der Waals surface area contributed by atoms with Crippen LogP contribution in [-0.4, -0.2) is 55.5 Å². The Morgan fingerprint density at radius 2 is 2.10 bits per heavy atom. The standard InChI is InChI=1S/C16H30N2O3/c1-16(2)13-18(10-12-21-16)15(19)17-9-6-11-20-14-7-4-3-5-8-14/h14H,3-13H2,1-2H3,(H,17,19). The molecule has 0 spiro atoms. The van der Waals surface area contributed by atoms with Crippen molar-refractivity contribution in [3.8, 4) is 0 Å². The lowest BCUT2D eigenvalue weighted by Crippen LogP contribution is -2.53. The van der Waals surface area contributed by atoms with Crippen LogP contribution in [-0.2, 0) is 9.47 Å². The van der Waals surface area contributed by atoms with E-state index in [1.54, 1.807) is 0 Å². The summed E-state index contributed by atoms with van der Waals surface area (Å²) in [6, 6.07) is 0.0176. The second kappa shape index (κ2) is 7.99.